The van der Waals surface area contributed by atoms with Gasteiger partial charge in [-0.25, -0.2) is 4.98 Å². The van der Waals surface area contributed by atoms with Crippen LogP contribution in [0.25, 0.3) is 94.3 Å². The summed E-state index contributed by atoms with van der Waals surface area (Å²) < 4.78 is 8.38. The SMILES string of the molecule is CC(C)(C)c1ccc(-n2c(-c3cccc(-c4cc(C(C)(C)C)cc5cccnc45)c3)nc3c(-c4cc5c(cc4O)oc4ccccc45)cncc32)c(-c2ccccc2)c1. The van der Waals surface area contributed by atoms with Crippen LogP contribution in [0.3, 0.4) is 0 Å². The van der Waals surface area contributed by atoms with Gasteiger partial charge in [0.1, 0.15) is 28.3 Å². The molecule has 6 heteroatoms. The average Bonchev–Trinajstić information content (AvgIpc) is 3.81. The third-order valence-electron chi connectivity index (χ3n) is 11.5. The molecule has 0 spiro atoms. The number of phenols is 1. The van der Waals surface area contributed by atoms with Crippen molar-refractivity contribution in [1.82, 2.24) is 19.5 Å². The van der Waals surface area contributed by atoms with Gasteiger partial charge in [0.25, 0.3) is 0 Å². The number of benzene rings is 6. The highest BCUT2D eigenvalue weighted by Gasteiger charge is 2.25. The minimum Gasteiger partial charge on any atom is -0.507 e. The van der Waals surface area contributed by atoms with Crippen LogP contribution >= 0.6 is 0 Å². The first kappa shape index (κ1) is 36.3. The maximum atomic E-state index is 11.7. The summed E-state index contributed by atoms with van der Waals surface area (Å²) in [6, 6.07) is 46.3. The van der Waals surface area contributed by atoms with Crippen LogP contribution in [-0.4, -0.2) is 24.6 Å². The molecule has 0 saturated carbocycles. The highest BCUT2D eigenvalue weighted by atomic mass is 16.3. The summed E-state index contributed by atoms with van der Waals surface area (Å²) in [6.45, 7) is 13.5. The lowest BCUT2D eigenvalue weighted by Crippen LogP contribution is -2.12. The molecule has 288 valence electrons. The Morgan fingerprint density at radius 3 is 2.10 bits per heavy atom. The van der Waals surface area contributed by atoms with Gasteiger partial charge in [0.05, 0.1) is 22.9 Å². The second-order valence-corrected chi connectivity index (χ2v) is 17.6. The zero-order valence-corrected chi connectivity index (χ0v) is 34.1. The molecule has 0 fully saturated rings. The summed E-state index contributed by atoms with van der Waals surface area (Å²) in [5, 5.41) is 14.7. The van der Waals surface area contributed by atoms with Gasteiger partial charge in [0.15, 0.2) is 0 Å². The summed E-state index contributed by atoms with van der Waals surface area (Å²) >= 11 is 0. The van der Waals surface area contributed by atoms with E-state index in [1.807, 2.05) is 48.8 Å². The molecule has 0 amide bonds. The van der Waals surface area contributed by atoms with E-state index in [0.717, 1.165) is 83.2 Å². The average molecular weight is 769 g/mol. The summed E-state index contributed by atoms with van der Waals surface area (Å²) in [5.74, 6) is 0.858. The van der Waals surface area contributed by atoms with Crippen molar-refractivity contribution in [3.63, 3.8) is 0 Å². The number of hydrogen-bond donors (Lipinski definition) is 1. The van der Waals surface area contributed by atoms with E-state index in [1.165, 1.54) is 11.1 Å². The Morgan fingerprint density at radius 1 is 0.542 bits per heavy atom. The molecule has 1 N–H and O–H groups in total. The number of phenolic OH excluding ortho intramolecular Hbond substituents is 1. The third kappa shape index (κ3) is 6.23. The molecule has 6 nitrogen and oxygen atoms in total. The van der Waals surface area contributed by atoms with Crippen LogP contribution in [0.15, 0.2) is 156 Å². The summed E-state index contributed by atoms with van der Waals surface area (Å²) in [4.78, 5) is 15.3. The second-order valence-electron chi connectivity index (χ2n) is 17.6. The first-order valence-corrected chi connectivity index (χ1v) is 20.1. The number of para-hydroxylation sites is 1. The van der Waals surface area contributed by atoms with E-state index in [4.69, 9.17) is 19.4 Å². The van der Waals surface area contributed by atoms with Gasteiger partial charge in [-0.2, -0.15) is 0 Å². The molecule has 0 saturated heterocycles. The van der Waals surface area contributed by atoms with Crippen molar-refractivity contribution in [2.45, 2.75) is 52.4 Å². The fraction of sp³-hybridized carbons (Fsp3) is 0.151. The minimum absolute atomic E-state index is 0.0574. The Labute approximate surface area is 343 Å². The fourth-order valence-corrected chi connectivity index (χ4v) is 8.32. The highest BCUT2D eigenvalue weighted by Crippen LogP contribution is 2.44. The van der Waals surface area contributed by atoms with E-state index in [-0.39, 0.29) is 16.6 Å². The largest absolute Gasteiger partial charge is 0.507 e. The van der Waals surface area contributed by atoms with Gasteiger partial charge in [0, 0.05) is 62.4 Å². The molecule has 4 heterocycles. The quantitative estimate of drug-likeness (QED) is 0.189. The molecule has 59 heavy (non-hydrogen) atoms. The van der Waals surface area contributed by atoms with Crippen LogP contribution in [-0.2, 0) is 10.8 Å². The lowest BCUT2D eigenvalue weighted by atomic mass is 9.84. The molecule has 0 aliphatic heterocycles. The molecule has 4 aromatic heterocycles. The van der Waals surface area contributed by atoms with Crippen LogP contribution in [0.2, 0.25) is 0 Å². The van der Waals surface area contributed by atoms with Gasteiger partial charge < -0.3 is 9.52 Å². The number of imidazole rings is 1. The zero-order chi connectivity index (χ0) is 40.6. The van der Waals surface area contributed by atoms with Gasteiger partial charge in [-0.3, -0.25) is 14.5 Å². The van der Waals surface area contributed by atoms with Gasteiger partial charge in [-0.15, -0.1) is 0 Å². The monoisotopic (exact) mass is 768 g/mol. The lowest BCUT2D eigenvalue weighted by Gasteiger charge is -2.23. The number of aromatic hydroxyl groups is 1. The Bertz CT molecular complexity index is 3250. The Hall–Kier alpha value is -7.05. The van der Waals surface area contributed by atoms with Crippen LogP contribution in [0, 0.1) is 0 Å². The molecule has 0 atom stereocenters. The van der Waals surface area contributed by atoms with Crippen molar-refractivity contribution >= 4 is 43.9 Å². The van der Waals surface area contributed by atoms with Crippen molar-refractivity contribution in [2.24, 2.45) is 0 Å². The predicted molar refractivity (Wildman–Crippen MR) is 242 cm³/mol. The number of furan rings is 1. The van der Waals surface area contributed by atoms with Crippen molar-refractivity contribution in [3.8, 4) is 56.2 Å². The van der Waals surface area contributed by atoms with Gasteiger partial charge in [-0.05, 0) is 81.6 Å². The number of fused-ring (bicyclic) bond motifs is 5. The predicted octanol–water partition coefficient (Wildman–Crippen LogP) is 13.8. The van der Waals surface area contributed by atoms with E-state index in [1.54, 1.807) is 12.3 Å². The van der Waals surface area contributed by atoms with E-state index < -0.39 is 0 Å². The molecule has 0 bridgehead atoms. The molecule has 0 unspecified atom stereocenters. The Balaban J connectivity index is 1.27. The van der Waals surface area contributed by atoms with E-state index in [9.17, 15) is 5.11 Å². The third-order valence-corrected chi connectivity index (χ3v) is 11.5. The number of aromatic nitrogens is 4. The number of hydrogen-bond acceptors (Lipinski definition) is 5. The van der Waals surface area contributed by atoms with Crippen molar-refractivity contribution in [2.75, 3.05) is 0 Å². The van der Waals surface area contributed by atoms with Crippen LogP contribution in [0.4, 0.5) is 0 Å². The molecule has 0 radical (unpaired) electrons. The number of pyridine rings is 2. The lowest BCUT2D eigenvalue weighted by molar-refractivity contribution is 0.477. The summed E-state index contributed by atoms with van der Waals surface area (Å²) in [7, 11) is 0. The number of nitrogens with zero attached hydrogens (tertiary/aromatic N) is 4. The van der Waals surface area contributed by atoms with E-state index >= 15 is 0 Å². The maximum Gasteiger partial charge on any atom is 0.145 e. The van der Waals surface area contributed by atoms with E-state index in [0.29, 0.717) is 11.1 Å². The summed E-state index contributed by atoms with van der Waals surface area (Å²) in [5.41, 5.74) is 13.8. The number of rotatable bonds is 5. The van der Waals surface area contributed by atoms with Crippen molar-refractivity contribution < 1.29 is 9.52 Å². The molecule has 0 aliphatic rings. The molecular formula is C53H44N4O2. The molecular weight excluding hydrogens is 725 g/mol. The first-order valence-electron chi connectivity index (χ1n) is 20.1. The second kappa shape index (κ2) is 13.5. The molecule has 10 rings (SSSR count). The standard InChI is InChI=1S/C53H44N4O2/c1-52(2,3)36-21-22-44(39(26-36)32-14-8-7-9-15-32)57-45-31-54-30-43(41-28-42-38-19-10-11-20-47(38)59-48(42)29-46(41)58)50(45)56-51(57)35-17-12-16-33(24-35)40-27-37(53(4,5)6)25-34-18-13-23-55-49(34)40/h7-31,58H,1-6H3. The Morgan fingerprint density at radius 2 is 1.29 bits per heavy atom. The Kier molecular flexibility index (Phi) is 8.32. The fourth-order valence-electron chi connectivity index (χ4n) is 8.32. The topological polar surface area (TPSA) is 77.0 Å². The zero-order valence-electron chi connectivity index (χ0n) is 34.1. The van der Waals surface area contributed by atoms with Crippen molar-refractivity contribution in [1.29, 1.82) is 0 Å². The van der Waals surface area contributed by atoms with Crippen LogP contribution in [0.5, 0.6) is 5.75 Å². The molecule has 6 aromatic carbocycles. The van der Waals surface area contributed by atoms with Gasteiger partial charge in [0.2, 0.25) is 0 Å². The molecule has 10 aromatic rings. The van der Waals surface area contributed by atoms with Crippen LogP contribution < -0.4 is 0 Å². The normalized spacial score (nSPS) is 12.3. The van der Waals surface area contributed by atoms with Gasteiger partial charge in [-0.1, -0.05) is 120 Å². The smallest absolute Gasteiger partial charge is 0.145 e. The first-order chi connectivity index (χ1) is 28.4. The maximum absolute atomic E-state index is 11.7. The molecule has 0 aliphatic carbocycles. The highest BCUT2D eigenvalue weighted by molar-refractivity contribution is 6.09. The van der Waals surface area contributed by atoms with Crippen molar-refractivity contribution in [3.05, 3.63) is 163 Å². The van der Waals surface area contributed by atoms with Crippen LogP contribution in [0.1, 0.15) is 52.7 Å². The van der Waals surface area contributed by atoms with E-state index in [2.05, 4.69) is 137 Å². The van der Waals surface area contributed by atoms with Gasteiger partial charge >= 0.3 is 0 Å². The summed E-state index contributed by atoms with van der Waals surface area (Å²) in [6.07, 6.45) is 5.56. The minimum atomic E-state index is -0.0726.